The smallest absolute Gasteiger partial charge is 0.137 e. The van der Waals surface area contributed by atoms with Gasteiger partial charge in [0.25, 0.3) is 0 Å². The first-order chi connectivity index (χ1) is 11.0. The maximum atomic E-state index is 8.85. The van der Waals surface area contributed by atoms with E-state index in [4.69, 9.17) is 33.6 Å². The molecule has 0 saturated heterocycles. The molecular weight excluding hydrogens is 329 g/mol. The van der Waals surface area contributed by atoms with Crippen LogP contribution < -0.4 is 5.49 Å². The molecule has 6 rings (SSSR count). The van der Waals surface area contributed by atoms with Crippen molar-refractivity contribution in [1.29, 1.82) is 5.41 Å². The predicted molar refractivity (Wildman–Crippen MR) is 92.2 cm³/mol. The standard InChI is InChI=1S/C18H19Cl2N3/c1-8-13(19)7-14(20)15-16(8)22-18-11-3-9-2-10(4-11)6-12(5-9)23(18)17(15)21/h7,9-12,21H,2-6H2,1H3. The normalized spacial score (nSPS) is 31.4. The van der Waals surface area contributed by atoms with Crippen molar-refractivity contribution in [3.8, 4) is 0 Å². The van der Waals surface area contributed by atoms with Gasteiger partial charge in [-0.3, -0.25) is 5.41 Å². The van der Waals surface area contributed by atoms with Gasteiger partial charge in [-0.2, -0.15) is 0 Å². The number of fused-ring (bicyclic) bond motifs is 1. The van der Waals surface area contributed by atoms with Gasteiger partial charge in [0.1, 0.15) is 11.3 Å². The largest absolute Gasteiger partial charge is 0.311 e. The van der Waals surface area contributed by atoms with E-state index in [-0.39, 0.29) is 0 Å². The molecule has 3 heterocycles. The highest BCUT2D eigenvalue weighted by molar-refractivity contribution is 6.39. The molecule has 0 amide bonds. The van der Waals surface area contributed by atoms with Crippen molar-refractivity contribution in [3.05, 3.63) is 33.0 Å². The van der Waals surface area contributed by atoms with Gasteiger partial charge in [0, 0.05) is 17.0 Å². The minimum Gasteiger partial charge on any atom is -0.311 e. The SMILES string of the molecule is Cc1c(Cl)cc(Cl)c2c(=N)n3c(nc12)C1CC2CC(C1)CC3C2. The van der Waals surface area contributed by atoms with Crippen molar-refractivity contribution in [2.45, 2.75) is 51.0 Å². The Bertz CT molecular complexity index is 888. The van der Waals surface area contributed by atoms with Crippen molar-refractivity contribution in [3.63, 3.8) is 0 Å². The highest BCUT2D eigenvalue weighted by atomic mass is 35.5. The van der Waals surface area contributed by atoms with Gasteiger partial charge in [0.2, 0.25) is 0 Å². The lowest BCUT2D eigenvalue weighted by atomic mass is 9.68. The predicted octanol–water partition coefficient (Wildman–Crippen LogP) is 4.98. The zero-order valence-electron chi connectivity index (χ0n) is 13.1. The molecule has 2 saturated carbocycles. The molecule has 1 aromatic carbocycles. The summed E-state index contributed by atoms with van der Waals surface area (Å²) in [7, 11) is 0. The number of nitrogens with one attached hydrogen (secondary N) is 1. The van der Waals surface area contributed by atoms with Crippen LogP contribution in [0.3, 0.4) is 0 Å². The highest BCUT2D eigenvalue weighted by Gasteiger charge is 2.43. The van der Waals surface area contributed by atoms with Gasteiger partial charge in [0.15, 0.2) is 0 Å². The van der Waals surface area contributed by atoms with E-state index in [0.717, 1.165) is 34.1 Å². The third-order valence-electron chi connectivity index (χ3n) is 6.24. The minimum atomic E-state index is 0.428. The summed E-state index contributed by atoms with van der Waals surface area (Å²) in [5.41, 5.74) is 2.29. The first-order valence-electron chi connectivity index (χ1n) is 8.48. The number of aromatic nitrogens is 2. The van der Waals surface area contributed by atoms with E-state index < -0.39 is 0 Å². The van der Waals surface area contributed by atoms with Crippen molar-refractivity contribution in [2.75, 3.05) is 0 Å². The van der Waals surface area contributed by atoms with Crippen molar-refractivity contribution in [2.24, 2.45) is 11.8 Å². The Morgan fingerprint density at radius 3 is 2.48 bits per heavy atom. The third kappa shape index (κ3) is 1.90. The lowest BCUT2D eigenvalue weighted by Gasteiger charge is -2.37. The van der Waals surface area contributed by atoms with E-state index in [1.165, 1.54) is 32.1 Å². The van der Waals surface area contributed by atoms with Crippen LogP contribution in [0.5, 0.6) is 0 Å². The van der Waals surface area contributed by atoms with Gasteiger partial charge >= 0.3 is 0 Å². The number of hydrogen-bond acceptors (Lipinski definition) is 2. The molecule has 2 aliphatic heterocycles. The van der Waals surface area contributed by atoms with E-state index in [9.17, 15) is 0 Å². The molecular formula is C18H19Cl2N3. The van der Waals surface area contributed by atoms with Gasteiger partial charge in [-0.05, 0) is 62.5 Å². The average molecular weight is 348 g/mol. The Morgan fingerprint density at radius 1 is 1.09 bits per heavy atom. The van der Waals surface area contributed by atoms with Gasteiger partial charge in [-0.1, -0.05) is 23.2 Å². The van der Waals surface area contributed by atoms with Crippen LogP contribution in [0, 0.1) is 24.2 Å². The fourth-order valence-corrected chi connectivity index (χ4v) is 5.91. The summed E-state index contributed by atoms with van der Waals surface area (Å²) >= 11 is 12.8. The molecule has 1 N–H and O–H groups in total. The first-order valence-corrected chi connectivity index (χ1v) is 9.24. The lowest BCUT2D eigenvalue weighted by molar-refractivity contribution is 0.150. The van der Waals surface area contributed by atoms with E-state index in [1.54, 1.807) is 6.07 Å². The van der Waals surface area contributed by atoms with E-state index in [0.29, 0.717) is 27.5 Å². The fourth-order valence-electron chi connectivity index (χ4n) is 5.37. The molecule has 0 radical (unpaired) electrons. The molecule has 4 aliphatic rings. The first kappa shape index (κ1) is 14.3. The molecule has 23 heavy (non-hydrogen) atoms. The van der Waals surface area contributed by atoms with Gasteiger partial charge in [0.05, 0.1) is 15.9 Å². The van der Waals surface area contributed by atoms with Gasteiger partial charge in [-0.15, -0.1) is 0 Å². The molecule has 2 atom stereocenters. The summed E-state index contributed by atoms with van der Waals surface area (Å²) in [4.78, 5) is 5.03. The zero-order valence-corrected chi connectivity index (χ0v) is 14.6. The summed E-state index contributed by atoms with van der Waals surface area (Å²) in [6.07, 6.45) is 6.25. The Labute approximate surface area is 145 Å². The maximum absolute atomic E-state index is 8.85. The molecule has 4 bridgehead atoms. The van der Waals surface area contributed by atoms with Crippen LogP contribution in [-0.2, 0) is 0 Å². The number of halogens is 2. The topological polar surface area (TPSA) is 41.7 Å². The van der Waals surface area contributed by atoms with Crippen LogP contribution in [0.15, 0.2) is 6.07 Å². The minimum absolute atomic E-state index is 0.428. The van der Waals surface area contributed by atoms with Crippen LogP contribution >= 0.6 is 23.2 Å². The summed E-state index contributed by atoms with van der Waals surface area (Å²) < 4.78 is 2.21. The Morgan fingerprint density at radius 2 is 1.78 bits per heavy atom. The average Bonchev–Trinajstić information content (AvgIpc) is 2.66. The molecule has 2 aliphatic carbocycles. The quantitative estimate of drug-likeness (QED) is 0.717. The maximum Gasteiger partial charge on any atom is 0.137 e. The second-order valence-corrected chi connectivity index (χ2v) is 8.45. The van der Waals surface area contributed by atoms with Crippen molar-refractivity contribution < 1.29 is 0 Å². The molecule has 2 fully saturated rings. The molecule has 2 aromatic rings. The number of aryl methyl sites for hydroxylation is 1. The van der Waals surface area contributed by atoms with Crippen LogP contribution in [0.4, 0.5) is 0 Å². The van der Waals surface area contributed by atoms with E-state index in [1.807, 2.05) is 6.92 Å². The van der Waals surface area contributed by atoms with E-state index >= 15 is 0 Å². The van der Waals surface area contributed by atoms with Gasteiger partial charge < -0.3 is 4.57 Å². The summed E-state index contributed by atoms with van der Waals surface area (Å²) in [5, 5.41) is 10.8. The summed E-state index contributed by atoms with van der Waals surface area (Å²) in [6.45, 7) is 1.98. The van der Waals surface area contributed by atoms with Crippen molar-refractivity contribution in [1.82, 2.24) is 9.55 Å². The Hall–Kier alpha value is -1.06. The molecule has 3 nitrogen and oxygen atoms in total. The van der Waals surface area contributed by atoms with Crippen LogP contribution in [-0.4, -0.2) is 9.55 Å². The van der Waals surface area contributed by atoms with E-state index in [2.05, 4.69) is 4.57 Å². The second-order valence-electron chi connectivity index (χ2n) is 7.64. The molecule has 0 spiro atoms. The number of rotatable bonds is 0. The lowest BCUT2D eigenvalue weighted by Crippen LogP contribution is -2.31. The Balaban J connectivity index is 1.90. The zero-order chi connectivity index (χ0) is 15.9. The summed E-state index contributed by atoms with van der Waals surface area (Å²) in [6, 6.07) is 2.19. The third-order valence-corrected chi connectivity index (χ3v) is 6.93. The second kappa shape index (κ2) is 4.73. The number of benzene rings is 1. The molecule has 5 heteroatoms. The molecule has 120 valence electrons. The number of hydrogen-bond donors (Lipinski definition) is 1. The van der Waals surface area contributed by atoms with Crippen molar-refractivity contribution >= 4 is 34.1 Å². The van der Waals surface area contributed by atoms with Crippen LogP contribution in [0.2, 0.25) is 10.0 Å². The van der Waals surface area contributed by atoms with Crippen LogP contribution in [0.1, 0.15) is 55.5 Å². The molecule has 1 aromatic heterocycles. The van der Waals surface area contributed by atoms with Crippen LogP contribution in [0.25, 0.3) is 10.9 Å². The summed E-state index contributed by atoms with van der Waals surface area (Å²) in [5.74, 6) is 3.22. The fraction of sp³-hybridized carbons (Fsp3) is 0.556. The number of nitrogens with zero attached hydrogens (tertiary/aromatic N) is 2. The molecule has 2 unspecified atom stereocenters. The van der Waals surface area contributed by atoms with Gasteiger partial charge in [-0.25, -0.2) is 4.98 Å². The highest BCUT2D eigenvalue weighted by Crippen LogP contribution is 2.52. The monoisotopic (exact) mass is 347 g/mol. The Kier molecular flexibility index (Phi) is 2.94.